The molecular formula is C24H30O. The van der Waals surface area contributed by atoms with Crippen LogP contribution in [0.3, 0.4) is 0 Å². The SMILES string of the molecule is C=CCc1ccc(CC=C)cc1.C=CCc1ccc(CC=C)cc1.O. The zero-order valence-corrected chi connectivity index (χ0v) is 15.1. The van der Waals surface area contributed by atoms with E-state index in [0.717, 1.165) is 25.7 Å². The first kappa shape index (κ1) is 22.4. The van der Waals surface area contributed by atoms with Gasteiger partial charge in [0.2, 0.25) is 0 Å². The van der Waals surface area contributed by atoms with Gasteiger partial charge in [-0.25, -0.2) is 0 Å². The van der Waals surface area contributed by atoms with Crippen molar-refractivity contribution in [2.45, 2.75) is 25.7 Å². The molecule has 0 saturated heterocycles. The van der Waals surface area contributed by atoms with E-state index < -0.39 is 0 Å². The van der Waals surface area contributed by atoms with Crippen LogP contribution >= 0.6 is 0 Å². The van der Waals surface area contributed by atoms with E-state index in [9.17, 15) is 0 Å². The van der Waals surface area contributed by atoms with Gasteiger partial charge in [0.1, 0.15) is 0 Å². The van der Waals surface area contributed by atoms with Crippen molar-refractivity contribution in [1.29, 1.82) is 0 Å². The molecule has 0 aromatic heterocycles. The highest BCUT2D eigenvalue weighted by Gasteiger charge is 1.91. The highest BCUT2D eigenvalue weighted by Crippen LogP contribution is 2.07. The molecular weight excluding hydrogens is 304 g/mol. The summed E-state index contributed by atoms with van der Waals surface area (Å²) in [6, 6.07) is 17.1. The Labute approximate surface area is 153 Å². The van der Waals surface area contributed by atoms with Gasteiger partial charge in [0.05, 0.1) is 0 Å². The molecule has 2 aromatic carbocycles. The molecule has 2 aromatic rings. The molecule has 0 radical (unpaired) electrons. The summed E-state index contributed by atoms with van der Waals surface area (Å²) in [5, 5.41) is 0. The second-order valence-corrected chi connectivity index (χ2v) is 5.60. The Morgan fingerprint density at radius 3 is 0.720 bits per heavy atom. The van der Waals surface area contributed by atoms with E-state index in [2.05, 4.69) is 74.8 Å². The zero-order valence-electron chi connectivity index (χ0n) is 15.1. The Bertz CT molecular complexity index is 515. The summed E-state index contributed by atoms with van der Waals surface area (Å²) in [6.07, 6.45) is 11.5. The van der Waals surface area contributed by atoms with Crippen LogP contribution in [0.5, 0.6) is 0 Å². The van der Waals surface area contributed by atoms with Gasteiger partial charge >= 0.3 is 0 Å². The maximum absolute atomic E-state index is 3.70. The van der Waals surface area contributed by atoms with Gasteiger partial charge in [0.25, 0.3) is 0 Å². The summed E-state index contributed by atoms with van der Waals surface area (Å²) >= 11 is 0. The molecule has 0 spiro atoms. The third-order valence-corrected chi connectivity index (χ3v) is 3.57. The summed E-state index contributed by atoms with van der Waals surface area (Å²) in [5.74, 6) is 0. The minimum absolute atomic E-state index is 0. The van der Waals surface area contributed by atoms with Crippen LogP contribution in [-0.4, -0.2) is 5.48 Å². The molecule has 0 heterocycles. The average molecular weight is 335 g/mol. The summed E-state index contributed by atoms with van der Waals surface area (Å²) < 4.78 is 0. The van der Waals surface area contributed by atoms with Crippen LogP contribution in [0, 0.1) is 0 Å². The predicted molar refractivity (Wildman–Crippen MR) is 112 cm³/mol. The van der Waals surface area contributed by atoms with Crippen LogP contribution < -0.4 is 0 Å². The molecule has 0 fully saturated rings. The minimum atomic E-state index is 0. The largest absolute Gasteiger partial charge is 0.412 e. The van der Waals surface area contributed by atoms with Crippen LogP contribution in [0.15, 0.2) is 99.2 Å². The van der Waals surface area contributed by atoms with Crippen molar-refractivity contribution in [3.05, 3.63) is 121 Å². The first-order valence-electron chi connectivity index (χ1n) is 8.32. The quantitative estimate of drug-likeness (QED) is 0.574. The summed E-state index contributed by atoms with van der Waals surface area (Å²) in [4.78, 5) is 0. The van der Waals surface area contributed by atoms with Crippen LogP contribution in [-0.2, 0) is 25.7 Å². The second kappa shape index (κ2) is 13.8. The van der Waals surface area contributed by atoms with E-state index in [1.165, 1.54) is 22.3 Å². The number of hydrogen-bond acceptors (Lipinski definition) is 0. The lowest BCUT2D eigenvalue weighted by atomic mass is 10.1. The van der Waals surface area contributed by atoms with Crippen molar-refractivity contribution in [1.82, 2.24) is 0 Å². The lowest BCUT2D eigenvalue weighted by Gasteiger charge is -1.98. The van der Waals surface area contributed by atoms with Gasteiger partial charge in [0.15, 0.2) is 0 Å². The van der Waals surface area contributed by atoms with Crippen molar-refractivity contribution in [3.8, 4) is 0 Å². The van der Waals surface area contributed by atoms with E-state index in [1.807, 2.05) is 24.3 Å². The number of benzene rings is 2. The normalized spacial score (nSPS) is 8.96. The van der Waals surface area contributed by atoms with E-state index in [0.29, 0.717) is 0 Å². The molecule has 0 amide bonds. The fraction of sp³-hybridized carbons (Fsp3) is 0.167. The molecule has 0 aliphatic heterocycles. The summed E-state index contributed by atoms with van der Waals surface area (Å²) in [7, 11) is 0. The third kappa shape index (κ3) is 9.29. The van der Waals surface area contributed by atoms with Gasteiger partial charge in [-0.05, 0) is 47.9 Å². The molecule has 25 heavy (non-hydrogen) atoms. The average Bonchev–Trinajstić information content (AvgIpc) is 2.60. The van der Waals surface area contributed by atoms with Crippen molar-refractivity contribution >= 4 is 0 Å². The van der Waals surface area contributed by atoms with Gasteiger partial charge in [-0.3, -0.25) is 0 Å². The maximum atomic E-state index is 3.70. The van der Waals surface area contributed by atoms with E-state index in [1.54, 1.807) is 0 Å². The lowest BCUT2D eigenvalue weighted by Crippen LogP contribution is -1.83. The molecule has 0 bridgehead atoms. The van der Waals surface area contributed by atoms with Crippen molar-refractivity contribution < 1.29 is 5.48 Å². The first-order chi connectivity index (χ1) is 11.7. The standard InChI is InChI=1S/2C12H14.H2O/c2*1-3-5-11-7-9-12(6-4-2)10-8-11;/h2*3-4,7-10H,1-2,5-6H2;1H2. The van der Waals surface area contributed by atoms with Gasteiger partial charge in [-0.2, -0.15) is 0 Å². The topological polar surface area (TPSA) is 31.5 Å². The van der Waals surface area contributed by atoms with Crippen LogP contribution in [0.1, 0.15) is 22.3 Å². The first-order valence-corrected chi connectivity index (χ1v) is 8.32. The number of allylic oxidation sites excluding steroid dienone is 4. The van der Waals surface area contributed by atoms with E-state index >= 15 is 0 Å². The summed E-state index contributed by atoms with van der Waals surface area (Å²) in [6.45, 7) is 14.8. The minimum Gasteiger partial charge on any atom is -0.412 e. The monoisotopic (exact) mass is 334 g/mol. The van der Waals surface area contributed by atoms with Gasteiger partial charge in [-0.15, -0.1) is 26.3 Å². The van der Waals surface area contributed by atoms with Gasteiger partial charge in [-0.1, -0.05) is 72.8 Å². The van der Waals surface area contributed by atoms with Crippen molar-refractivity contribution in [2.75, 3.05) is 0 Å². The van der Waals surface area contributed by atoms with Gasteiger partial charge in [0, 0.05) is 0 Å². The van der Waals surface area contributed by atoms with E-state index in [-0.39, 0.29) is 5.48 Å². The Hall–Kier alpha value is -2.64. The van der Waals surface area contributed by atoms with Gasteiger partial charge < -0.3 is 5.48 Å². The molecule has 1 nitrogen and oxygen atoms in total. The molecule has 0 unspecified atom stereocenters. The number of hydrogen-bond donors (Lipinski definition) is 0. The Kier molecular flexibility index (Phi) is 12.3. The fourth-order valence-electron chi connectivity index (χ4n) is 2.29. The zero-order chi connectivity index (χ0) is 17.6. The van der Waals surface area contributed by atoms with Crippen LogP contribution in [0.4, 0.5) is 0 Å². The summed E-state index contributed by atoms with van der Waals surface area (Å²) in [5.41, 5.74) is 5.27. The maximum Gasteiger partial charge on any atom is -0.0100 e. The fourth-order valence-corrected chi connectivity index (χ4v) is 2.29. The highest BCUT2D eigenvalue weighted by molar-refractivity contribution is 5.26. The number of rotatable bonds is 8. The molecule has 0 aliphatic rings. The Balaban J connectivity index is 0.000000443. The highest BCUT2D eigenvalue weighted by atomic mass is 16.0. The molecule has 0 saturated carbocycles. The van der Waals surface area contributed by atoms with Crippen LogP contribution in [0.25, 0.3) is 0 Å². The third-order valence-electron chi connectivity index (χ3n) is 3.57. The van der Waals surface area contributed by atoms with Crippen LogP contribution in [0.2, 0.25) is 0 Å². The smallest absolute Gasteiger partial charge is 0.0100 e. The van der Waals surface area contributed by atoms with Crippen molar-refractivity contribution in [3.63, 3.8) is 0 Å². The van der Waals surface area contributed by atoms with E-state index in [4.69, 9.17) is 0 Å². The molecule has 0 atom stereocenters. The lowest BCUT2D eigenvalue weighted by molar-refractivity contribution is 0.824. The molecule has 2 N–H and O–H groups in total. The predicted octanol–water partition coefficient (Wildman–Crippen LogP) is 5.46. The second-order valence-electron chi connectivity index (χ2n) is 5.60. The molecule has 1 heteroatoms. The Morgan fingerprint density at radius 1 is 0.440 bits per heavy atom. The molecule has 132 valence electrons. The Morgan fingerprint density at radius 2 is 0.600 bits per heavy atom. The molecule has 2 rings (SSSR count). The van der Waals surface area contributed by atoms with Crippen molar-refractivity contribution in [2.24, 2.45) is 0 Å². The molecule has 0 aliphatic carbocycles.